The number of nitrogens with zero attached hydrogens (tertiary/aromatic N) is 2. The first-order valence-corrected chi connectivity index (χ1v) is 11.3. The lowest BCUT2D eigenvalue weighted by atomic mass is 9.96. The molecular weight excluding hydrogens is 465 g/mol. The highest BCUT2D eigenvalue weighted by Gasteiger charge is 2.16. The minimum absolute atomic E-state index is 0. The van der Waals surface area contributed by atoms with Crippen molar-refractivity contribution in [2.75, 3.05) is 18.4 Å². The van der Waals surface area contributed by atoms with Gasteiger partial charge >= 0.3 is 0 Å². The quantitative estimate of drug-likeness (QED) is 0.326. The second-order valence-electron chi connectivity index (χ2n) is 8.43. The molecule has 4 aromatic rings. The summed E-state index contributed by atoms with van der Waals surface area (Å²) in [4.78, 5) is 19.9. The molecule has 0 radical (unpaired) electrons. The molecule has 0 saturated carbocycles. The van der Waals surface area contributed by atoms with Gasteiger partial charge in [0, 0.05) is 41.0 Å². The second-order valence-corrected chi connectivity index (χ2v) is 8.43. The average molecular weight is 494 g/mol. The molecule has 1 aromatic heterocycles. The average Bonchev–Trinajstić information content (AvgIpc) is 2.85. The third-order valence-electron chi connectivity index (χ3n) is 6.22. The smallest absolute Gasteiger partial charge is 0.255 e. The summed E-state index contributed by atoms with van der Waals surface area (Å²) in [5.74, 6) is -0.0891. The molecule has 4 nitrogen and oxygen atoms in total. The Bertz CT molecular complexity index is 1240. The maximum atomic E-state index is 13.2. The number of anilines is 1. The molecule has 3 aromatic carbocycles. The molecular formula is C28H29Cl2N3O. The number of amides is 1. The van der Waals surface area contributed by atoms with Crippen molar-refractivity contribution in [3.05, 3.63) is 96.3 Å². The highest BCUT2D eigenvalue weighted by molar-refractivity contribution is 6.09. The van der Waals surface area contributed by atoms with Gasteiger partial charge in [-0.1, -0.05) is 55.0 Å². The second kappa shape index (κ2) is 12.0. The van der Waals surface area contributed by atoms with Crippen LogP contribution in [0.2, 0.25) is 0 Å². The first-order chi connectivity index (χ1) is 15.8. The lowest BCUT2D eigenvalue weighted by Gasteiger charge is -2.27. The van der Waals surface area contributed by atoms with Crippen molar-refractivity contribution in [1.82, 2.24) is 9.88 Å². The molecule has 2 heterocycles. The fourth-order valence-electron chi connectivity index (χ4n) is 4.55. The van der Waals surface area contributed by atoms with Crippen LogP contribution in [0.3, 0.4) is 0 Å². The zero-order valence-electron chi connectivity index (χ0n) is 18.9. The number of carbonyl (C=O) groups is 1. The van der Waals surface area contributed by atoms with E-state index in [9.17, 15) is 4.79 Å². The molecule has 1 aliphatic rings. The monoisotopic (exact) mass is 493 g/mol. The fourth-order valence-corrected chi connectivity index (χ4v) is 4.55. The van der Waals surface area contributed by atoms with Gasteiger partial charge in [0.05, 0.1) is 0 Å². The first kappa shape index (κ1) is 25.7. The normalized spacial score (nSPS) is 13.5. The molecule has 1 saturated heterocycles. The van der Waals surface area contributed by atoms with E-state index in [-0.39, 0.29) is 30.7 Å². The molecule has 6 heteroatoms. The summed E-state index contributed by atoms with van der Waals surface area (Å²) in [6.45, 7) is 3.11. The lowest BCUT2D eigenvalue weighted by Crippen LogP contribution is -2.29. The predicted octanol–water partition coefficient (Wildman–Crippen LogP) is 6.98. The molecule has 5 rings (SSSR count). The van der Waals surface area contributed by atoms with Crippen molar-refractivity contribution in [1.29, 1.82) is 0 Å². The topological polar surface area (TPSA) is 45.2 Å². The maximum absolute atomic E-state index is 13.2. The summed E-state index contributed by atoms with van der Waals surface area (Å²) in [7, 11) is 0. The molecule has 0 atom stereocenters. The van der Waals surface area contributed by atoms with E-state index in [1.54, 1.807) is 6.20 Å². The number of piperidine rings is 1. The van der Waals surface area contributed by atoms with E-state index in [2.05, 4.69) is 51.6 Å². The van der Waals surface area contributed by atoms with Crippen molar-refractivity contribution in [2.45, 2.75) is 25.8 Å². The first-order valence-electron chi connectivity index (χ1n) is 11.3. The van der Waals surface area contributed by atoms with E-state index in [0.717, 1.165) is 36.1 Å². The Morgan fingerprint density at radius 2 is 1.68 bits per heavy atom. The van der Waals surface area contributed by atoms with E-state index in [0.29, 0.717) is 5.56 Å². The molecule has 1 N–H and O–H groups in total. The van der Waals surface area contributed by atoms with E-state index in [1.165, 1.54) is 36.0 Å². The summed E-state index contributed by atoms with van der Waals surface area (Å²) < 4.78 is 0. The van der Waals surface area contributed by atoms with Crippen molar-refractivity contribution in [3.63, 3.8) is 0 Å². The van der Waals surface area contributed by atoms with Crippen molar-refractivity contribution < 1.29 is 4.79 Å². The zero-order chi connectivity index (χ0) is 21.8. The number of rotatable bonds is 5. The predicted molar refractivity (Wildman–Crippen MR) is 145 cm³/mol. The largest absolute Gasteiger partial charge is 0.321 e. The summed E-state index contributed by atoms with van der Waals surface area (Å²) in [6, 6.07) is 24.4. The van der Waals surface area contributed by atoms with Gasteiger partial charge in [0.15, 0.2) is 0 Å². The Balaban J connectivity index is 0.00000162. The SMILES string of the molecule is Cl.Cl.O=C(Nc1cccc2cnccc12)c1ccc(-c2ccccc2)c(CN2CCCCC2)c1. The van der Waals surface area contributed by atoms with Gasteiger partial charge in [-0.3, -0.25) is 14.7 Å². The van der Waals surface area contributed by atoms with Crippen LogP contribution in [-0.2, 0) is 6.54 Å². The summed E-state index contributed by atoms with van der Waals surface area (Å²) >= 11 is 0. The van der Waals surface area contributed by atoms with Gasteiger partial charge in [-0.25, -0.2) is 0 Å². The van der Waals surface area contributed by atoms with Gasteiger partial charge in [0.1, 0.15) is 0 Å². The van der Waals surface area contributed by atoms with Gasteiger partial charge in [0.25, 0.3) is 5.91 Å². The van der Waals surface area contributed by atoms with Crippen molar-refractivity contribution in [3.8, 4) is 11.1 Å². The third-order valence-corrected chi connectivity index (χ3v) is 6.22. The molecule has 176 valence electrons. The number of hydrogen-bond acceptors (Lipinski definition) is 3. The van der Waals surface area contributed by atoms with Crippen LogP contribution in [0.25, 0.3) is 21.9 Å². The fraction of sp³-hybridized carbons (Fsp3) is 0.214. The highest BCUT2D eigenvalue weighted by Crippen LogP contribution is 2.28. The number of fused-ring (bicyclic) bond motifs is 1. The van der Waals surface area contributed by atoms with Gasteiger partial charge < -0.3 is 5.32 Å². The minimum atomic E-state index is -0.0891. The van der Waals surface area contributed by atoms with Gasteiger partial charge in [0.2, 0.25) is 0 Å². The van der Waals surface area contributed by atoms with E-state index >= 15 is 0 Å². The Morgan fingerprint density at radius 1 is 0.882 bits per heavy atom. The summed E-state index contributed by atoms with van der Waals surface area (Å²) in [6.07, 6.45) is 7.37. The zero-order valence-corrected chi connectivity index (χ0v) is 20.6. The van der Waals surface area contributed by atoms with Crippen LogP contribution in [0.1, 0.15) is 35.2 Å². The molecule has 0 unspecified atom stereocenters. The van der Waals surface area contributed by atoms with Gasteiger partial charge in [-0.2, -0.15) is 0 Å². The minimum Gasteiger partial charge on any atom is -0.321 e. The number of aromatic nitrogens is 1. The molecule has 34 heavy (non-hydrogen) atoms. The number of benzene rings is 3. The van der Waals surface area contributed by atoms with Crippen LogP contribution in [-0.4, -0.2) is 28.9 Å². The third kappa shape index (κ3) is 5.76. The van der Waals surface area contributed by atoms with E-state index in [4.69, 9.17) is 0 Å². The number of hydrogen-bond donors (Lipinski definition) is 1. The maximum Gasteiger partial charge on any atom is 0.255 e. The van der Waals surface area contributed by atoms with Crippen LogP contribution in [0, 0.1) is 0 Å². The summed E-state index contributed by atoms with van der Waals surface area (Å²) in [5.41, 5.74) is 5.08. The molecule has 1 fully saturated rings. The van der Waals surface area contributed by atoms with Gasteiger partial charge in [-0.15, -0.1) is 24.8 Å². The van der Waals surface area contributed by atoms with E-state index in [1.807, 2.05) is 42.6 Å². The van der Waals surface area contributed by atoms with Gasteiger partial charge in [-0.05, 0) is 66.9 Å². The van der Waals surface area contributed by atoms with Crippen LogP contribution < -0.4 is 5.32 Å². The standard InChI is InChI=1S/C28H27N3O.2ClH/c32-28(30-27-11-7-10-23-19-29-15-14-26(23)27)22-12-13-25(21-8-3-1-4-9-21)24(18-22)20-31-16-5-2-6-17-31;;/h1,3-4,7-15,18-19H,2,5-6,16-17,20H2,(H,30,32);2*1H. The Labute approximate surface area is 213 Å². The van der Waals surface area contributed by atoms with Crippen LogP contribution in [0.5, 0.6) is 0 Å². The number of nitrogens with one attached hydrogen (secondary N) is 1. The number of halogens is 2. The Kier molecular flexibility index (Phi) is 9.05. The number of pyridine rings is 1. The van der Waals surface area contributed by atoms with Crippen LogP contribution >= 0.6 is 24.8 Å². The number of likely N-dealkylation sites (tertiary alicyclic amines) is 1. The molecule has 0 spiro atoms. The molecule has 1 amide bonds. The van der Waals surface area contributed by atoms with Crippen molar-refractivity contribution >= 4 is 47.2 Å². The molecule has 0 aliphatic carbocycles. The Morgan fingerprint density at radius 3 is 2.47 bits per heavy atom. The van der Waals surface area contributed by atoms with Crippen LogP contribution in [0.4, 0.5) is 5.69 Å². The lowest BCUT2D eigenvalue weighted by molar-refractivity contribution is 0.102. The number of carbonyl (C=O) groups excluding carboxylic acids is 1. The van der Waals surface area contributed by atoms with Crippen LogP contribution in [0.15, 0.2) is 85.2 Å². The van der Waals surface area contributed by atoms with Crippen molar-refractivity contribution in [2.24, 2.45) is 0 Å². The molecule has 0 bridgehead atoms. The Hall–Kier alpha value is -2.92. The molecule has 1 aliphatic heterocycles. The summed E-state index contributed by atoms with van der Waals surface area (Å²) in [5, 5.41) is 5.11. The highest BCUT2D eigenvalue weighted by atomic mass is 35.5. The van der Waals surface area contributed by atoms with E-state index < -0.39 is 0 Å².